The minimum absolute atomic E-state index is 0.0115. The molecule has 0 spiro atoms. The Hall–Kier alpha value is -1.20. The van der Waals surface area contributed by atoms with Gasteiger partial charge in [-0.2, -0.15) is 0 Å². The van der Waals surface area contributed by atoms with Crippen LogP contribution in [0.4, 0.5) is 5.69 Å². The molecule has 3 rings (SSSR count). The summed E-state index contributed by atoms with van der Waals surface area (Å²) in [5.74, 6) is 1.11. The van der Waals surface area contributed by atoms with E-state index in [1.807, 2.05) is 6.20 Å². The summed E-state index contributed by atoms with van der Waals surface area (Å²) in [5, 5.41) is 9.64. The van der Waals surface area contributed by atoms with Crippen molar-refractivity contribution in [3.8, 4) is 0 Å². The van der Waals surface area contributed by atoms with Gasteiger partial charge in [-0.25, -0.2) is 9.97 Å². The van der Waals surface area contributed by atoms with E-state index in [1.54, 1.807) is 0 Å². The van der Waals surface area contributed by atoms with Crippen LogP contribution in [0, 0.1) is 0 Å². The molecular formula is C16H26N4O. The third-order valence-electron chi connectivity index (χ3n) is 4.69. The molecule has 116 valence electrons. The van der Waals surface area contributed by atoms with Gasteiger partial charge in [-0.15, -0.1) is 0 Å². The van der Waals surface area contributed by atoms with Gasteiger partial charge in [-0.1, -0.05) is 13.8 Å². The van der Waals surface area contributed by atoms with Crippen molar-refractivity contribution in [1.82, 2.24) is 14.9 Å². The lowest BCUT2D eigenvalue weighted by Gasteiger charge is -2.25. The van der Waals surface area contributed by atoms with Crippen LogP contribution in [0.1, 0.15) is 50.5 Å². The van der Waals surface area contributed by atoms with Gasteiger partial charge in [0.2, 0.25) is 0 Å². The molecule has 2 saturated heterocycles. The van der Waals surface area contributed by atoms with Gasteiger partial charge in [0.05, 0.1) is 24.2 Å². The first-order valence-corrected chi connectivity index (χ1v) is 8.14. The van der Waals surface area contributed by atoms with Crippen molar-refractivity contribution < 1.29 is 5.11 Å². The molecule has 1 atom stereocenters. The van der Waals surface area contributed by atoms with Crippen LogP contribution in [-0.2, 0) is 6.61 Å². The van der Waals surface area contributed by atoms with E-state index in [1.165, 1.54) is 32.4 Å². The second kappa shape index (κ2) is 6.28. The second-order valence-corrected chi connectivity index (χ2v) is 6.50. The van der Waals surface area contributed by atoms with Crippen LogP contribution in [-0.4, -0.2) is 52.2 Å². The number of aliphatic hydroxyl groups excluding tert-OH is 1. The third-order valence-corrected chi connectivity index (χ3v) is 4.69. The van der Waals surface area contributed by atoms with E-state index in [2.05, 4.69) is 33.6 Å². The molecule has 1 aromatic heterocycles. The van der Waals surface area contributed by atoms with Gasteiger partial charge in [0.25, 0.3) is 0 Å². The first-order chi connectivity index (χ1) is 10.2. The SMILES string of the molecule is CC(C)c1ncc(N2CCC(N3CCCC3)C2)c(CO)n1. The number of nitrogens with zero attached hydrogens (tertiary/aromatic N) is 4. The molecule has 2 aliphatic heterocycles. The molecule has 3 heterocycles. The maximum absolute atomic E-state index is 9.64. The average Bonchev–Trinajstić information content (AvgIpc) is 3.17. The Morgan fingerprint density at radius 1 is 1.29 bits per heavy atom. The first kappa shape index (κ1) is 14.7. The minimum Gasteiger partial charge on any atom is -0.390 e. The molecule has 5 nitrogen and oxygen atoms in total. The first-order valence-electron chi connectivity index (χ1n) is 8.14. The van der Waals surface area contributed by atoms with Gasteiger partial charge in [0.1, 0.15) is 5.82 Å². The summed E-state index contributed by atoms with van der Waals surface area (Å²) in [5.41, 5.74) is 1.79. The molecule has 0 saturated carbocycles. The zero-order valence-corrected chi connectivity index (χ0v) is 13.1. The number of rotatable bonds is 4. The Morgan fingerprint density at radius 2 is 2.05 bits per heavy atom. The van der Waals surface area contributed by atoms with Crippen LogP contribution in [0.2, 0.25) is 0 Å². The lowest BCUT2D eigenvalue weighted by atomic mass is 10.2. The number of aromatic nitrogens is 2. The highest BCUT2D eigenvalue weighted by Gasteiger charge is 2.30. The normalized spacial score (nSPS) is 23.4. The van der Waals surface area contributed by atoms with E-state index in [4.69, 9.17) is 0 Å². The van der Waals surface area contributed by atoms with Crippen molar-refractivity contribution >= 4 is 5.69 Å². The molecule has 0 radical (unpaired) electrons. The van der Waals surface area contributed by atoms with Crippen molar-refractivity contribution in [3.63, 3.8) is 0 Å². The van der Waals surface area contributed by atoms with E-state index in [0.717, 1.165) is 30.3 Å². The molecular weight excluding hydrogens is 264 g/mol. The fourth-order valence-electron chi connectivity index (χ4n) is 3.45. The van der Waals surface area contributed by atoms with Gasteiger partial charge >= 0.3 is 0 Å². The standard InChI is InChI=1S/C16H26N4O/c1-12(2)16-17-9-15(14(11-21)18-16)20-8-5-13(10-20)19-6-3-4-7-19/h9,12-13,21H,3-8,10-11H2,1-2H3. The van der Waals surface area contributed by atoms with Gasteiger partial charge in [-0.05, 0) is 32.4 Å². The highest BCUT2D eigenvalue weighted by Crippen LogP contribution is 2.27. The Balaban J connectivity index is 1.74. The summed E-state index contributed by atoms with van der Waals surface area (Å²) in [6, 6.07) is 0.656. The van der Waals surface area contributed by atoms with E-state index >= 15 is 0 Å². The number of aliphatic hydroxyl groups is 1. The number of anilines is 1. The molecule has 1 aromatic rings. The third kappa shape index (κ3) is 3.04. The second-order valence-electron chi connectivity index (χ2n) is 6.50. The molecule has 0 amide bonds. The Kier molecular flexibility index (Phi) is 4.40. The molecule has 2 fully saturated rings. The van der Waals surface area contributed by atoms with E-state index < -0.39 is 0 Å². The topological polar surface area (TPSA) is 52.5 Å². The van der Waals surface area contributed by atoms with Gasteiger partial charge in [-0.3, -0.25) is 4.90 Å². The minimum atomic E-state index is -0.0115. The van der Waals surface area contributed by atoms with Gasteiger partial charge in [0, 0.05) is 25.0 Å². The Morgan fingerprint density at radius 3 is 2.71 bits per heavy atom. The summed E-state index contributed by atoms with van der Waals surface area (Å²) in [6.45, 7) is 8.71. The summed E-state index contributed by atoms with van der Waals surface area (Å²) >= 11 is 0. The van der Waals surface area contributed by atoms with E-state index in [-0.39, 0.29) is 6.61 Å². The summed E-state index contributed by atoms with van der Waals surface area (Å²) in [4.78, 5) is 14.0. The maximum Gasteiger partial charge on any atom is 0.131 e. The summed E-state index contributed by atoms with van der Waals surface area (Å²) in [7, 11) is 0. The molecule has 21 heavy (non-hydrogen) atoms. The van der Waals surface area contributed by atoms with E-state index in [0.29, 0.717) is 12.0 Å². The molecule has 2 aliphatic rings. The predicted molar refractivity (Wildman–Crippen MR) is 83.5 cm³/mol. The zero-order chi connectivity index (χ0) is 14.8. The molecule has 1 N–H and O–H groups in total. The highest BCUT2D eigenvalue weighted by molar-refractivity contribution is 5.50. The quantitative estimate of drug-likeness (QED) is 0.916. The fourth-order valence-corrected chi connectivity index (χ4v) is 3.45. The molecule has 0 aromatic carbocycles. The molecule has 1 unspecified atom stereocenters. The van der Waals surface area contributed by atoms with Crippen LogP contribution < -0.4 is 4.90 Å². The van der Waals surface area contributed by atoms with Crippen molar-refractivity contribution in [2.45, 2.75) is 51.7 Å². The zero-order valence-electron chi connectivity index (χ0n) is 13.1. The monoisotopic (exact) mass is 290 g/mol. The number of likely N-dealkylation sites (tertiary alicyclic amines) is 1. The average molecular weight is 290 g/mol. The number of hydrogen-bond acceptors (Lipinski definition) is 5. The molecule has 0 aliphatic carbocycles. The van der Waals surface area contributed by atoms with Crippen molar-refractivity contribution in [1.29, 1.82) is 0 Å². The van der Waals surface area contributed by atoms with Crippen LogP contribution in [0.25, 0.3) is 0 Å². The van der Waals surface area contributed by atoms with Crippen LogP contribution in [0.15, 0.2) is 6.20 Å². The maximum atomic E-state index is 9.64. The Labute approximate surface area is 127 Å². The molecule has 0 bridgehead atoms. The van der Waals surface area contributed by atoms with Crippen molar-refractivity contribution in [2.24, 2.45) is 0 Å². The summed E-state index contributed by atoms with van der Waals surface area (Å²) < 4.78 is 0. The van der Waals surface area contributed by atoms with Crippen molar-refractivity contribution in [3.05, 3.63) is 17.7 Å². The van der Waals surface area contributed by atoms with Gasteiger partial charge in [0.15, 0.2) is 0 Å². The van der Waals surface area contributed by atoms with Crippen LogP contribution in [0.5, 0.6) is 0 Å². The predicted octanol–water partition coefficient (Wildman–Crippen LogP) is 1.77. The fraction of sp³-hybridized carbons (Fsp3) is 0.750. The Bertz CT molecular complexity index is 485. The smallest absolute Gasteiger partial charge is 0.131 e. The largest absolute Gasteiger partial charge is 0.390 e. The number of hydrogen-bond donors (Lipinski definition) is 1. The molecule has 5 heteroatoms. The lowest BCUT2D eigenvalue weighted by Crippen LogP contribution is -2.35. The van der Waals surface area contributed by atoms with E-state index in [9.17, 15) is 5.11 Å². The van der Waals surface area contributed by atoms with Crippen molar-refractivity contribution in [2.75, 3.05) is 31.1 Å². The van der Waals surface area contributed by atoms with Crippen LogP contribution in [0.3, 0.4) is 0 Å². The summed E-state index contributed by atoms with van der Waals surface area (Å²) in [6.07, 6.45) is 5.78. The van der Waals surface area contributed by atoms with Gasteiger partial charge < -0.3 is 10.0 Å². The highest BCUT2D eigenvalue weighted by atomic mass is 16.3. The van der Waals surface area contributed by atoms with Crippen LogP contribution >= 0.6 is 0 Å². The lowest BCUT2D eigenvalue weighted by molar-refractivity contribution is 0.260.